The highest BCUT2D eigenvalue weighted by molar-refractivity contribution is 9.10. The van der Waals surface area contributed by atoms with Crippen molar-refractivity contribution in [2.24, 2.45) is 0 Å². The fourth-order valence-electron chi connectivity index (χ4n) is 4.92. The van der Waals surface area contributed by atoms with Crippen LogP contribution in [-0.2, 0) is 10.0 Å². The summed E-state index contributed by atoms with van der Waals surface area (Å²) in [4.78, 5) is 13.0. The van der Waals surface area contributed by atoms with E-state index >= 15 is 0 Å². The summed E-state index contributed by atoms with van der Waals surface area (Å²) in [7, 11) is -2.27. The molecule has 1 saturated carbocycles. The van der Waals surface area contributed by atoms with Crippen molar-refractivity contribution in [1.82, 2.24) is 5.32 Å². The fraction of sp³-hybridized carbons (Fsp3) is 0.276. The number of aliphatic hydroxyl groups is 1. The Kier molecular flexibility index (Phi) is 7.98. The van der Waals surface area contributed by atoms with Crippen LogP contribution in [-0.4, -0.2) is 39.3 Å². The Hall–Kier alpha value is -2.92. The lowest BCUT2D eigenvalue weighted by molar-refractivity contribution is 0.0964. The summed E-state index contributed by atoms with van der Waals surface area (Å²) in [5, 5.41) is 14.5. The SMILES string of the molecule is CNC(=O)c1c(-c2ccc(F)cc2)oc2cc(N(CCC(O)c3c(Cl)cccc3Br)S(C)(=O)=O)c(C3CC3)cc12. The number of hydrogen-bond acceptors (Lipinski definition) is 5. The van der Waals surface area contributed by atoms with Crippen LogP contribution in [0.3, 0.4) is 0 Å². The molecule has 0 saturated heterocycles. The van der Waals surface area contributed by atoms with E-state index in [1.807, 2.05) is 6.07 Å². The van der Waals surface area contributed by atoms with Gasteiger partial charge in [0.25, 0.3) is 5.91 Å². The minimum absolute atomic E-state index is 0.0171. The molecule has 0 bridgehead atoms. The zero-order valence-electron chi connectivity index (χ0n) is 21.7. The number of nitrogens with zero attached hydrogens (tertiary/aromatic N) is 1. The van der Waals surface area contributed by atoms with E-state index in [0.717, 1.165) is 24.7 Å². The van der Waals surface area contributed by atoms with E-state index in [-0.39, 0.29) is 30.6 Å². The van der Waals surface area contributed by atoms with Crippen molar-refractivity contribution in [2.45, 2.75) is 31.3 Å². The number of carbonyl (C=O) groups is 1. The lowest BCUT2D eigenvalue weighted by Gasteiger charge is -2.26. The lowest BCUT2D eigenvalue weighted by Crippen LogP contribution is -2.32. The monoisotopic (exact) mass is 648 g/mol. The zero-order chi connectivity index (χ0) is 28.8. The first kappa shape index (κ1) is 28.6. The number of anilines is 1. The topological polar surface area (TPSA) is 99.8 Å². The molecular weight excluding hydrogens is 623 g/mol. The predicted molar refractivity (Wildman–Crippen MR) is 158 cm³/mol. The first-order chi connectivity index (χ1) is 19.0. The van der Waals surface area contributed by atoms with Gasteiger partial charge in [-0.05, 0) is 73.2 Å². The van der Waals surface area contributed by atoms with Gasteiger partial charge in [0.05, 0.1) is 23.6 Å². The molecule has 1 aliphatic carbocycles. The summed E-state index contributed by atoms with van der Waals surface area (Å²) >= 11 is 9.73. The number of rotatable bonds is 9. The van der Waals surface area contributed by atoms with Gasteiger partial charge >= 0.3 is 0 Å². The molecule has 1 aromatic heterocycles. The second-order valence-electron chi connectivity index (χ2n) is 9.85. The van der Waals surface area contributed by atoms with E-state index in [0.29, 0.717) is 42.8 Å². The van der Waals surface area contributed by atoms with Crippen molar-refractivity contribution >= 4 is 60.1 Å². The first-order valence-electron chi connectivity index (χ1n) is 12.7. The average molecular weight is 650 g/mol. The van der Waals surface area contributed by atoms with Gasteiger partial charge in [-0.3, -0.25) is 9.10 Å². The van der Waals surface area contributed by atoms with Crippen molar-refractivity contribution in [3.8, 4) is 11.3 Å². The lowest BCUT2D eigenvalue weighted by atomic mass is 10.00. The predicted octanol–water partition coefficient (Wildman–Crippen LogP) is 6.78. The zero-order valence-corrected chi connectivity index (χ0v) is 24.9. The maximum atomic E-state index is 13.6. The summed E-state index contributed by atoms with van der Waals surface area (Å²) in [5.74, 6) is -0.415. The van der Waals surface area contributed by atoms with Gasteiger partial charge in [0.15, 0.2) is 0 Å². The first-order valence-corrected chi connectivity index (χ1v) is 15.7. The van der Waals surface area contributed by atoms with E-state index < -0.39 is 21.9 Å². The molecular formula is C29H27BrClFN2O5S. The highest BCUT2D eigenvalue weighted by Gasteiger charge is 2.33. The molecule has 40 heavy (non-hydrogen) atoms. The van der Waals surface area contributed by atoms with Crippen LogP contribution in [0.1, 0.15) is 52.8 Å². The van der Waals surface area contributed by atoms with Gasteiger partial charge in [-0.2, -0.15) is 0 Å². The van der Waals surface area contributed by atoms with E-state index in [1.165, 1.54) is 35.6 Å². The molecule has 11 heteroatoms. The molecule has 0 radical (unpaired) electrons. The van der Waals surface area contributed by atoms with Crippen LogP contribution in [0.4, 0.5) is 10.1 Å². The second-order valence-corrected chi connectivity index (χ2v) is 13.0. The summed E-state index contributed by atoms with van der Waals surface area (Å²) in [6.45, 7) is -0.0171. The van der Waals surface area contributed by atoms with E-state index in [4.69, 9.17) is 16.0 Å². The fourth-order valence-corrected chi connectivity index (χ4v) is 6.92. The number of carbonyl (C=O) groups excluding carboxylic acids is 1. The Morgan fingerprint density at radius 2 is 1.93 bits per heavy atom. The molecule has 1 amide bonds. The minimum atomic E-state index is -3.78. The summed E-state index contributed by atoms with van der Waals surface area (Å²) < 4.78 is 47.9. The number of hydrogen-bond donors (Lipinski definition) is 2. The molecule has 1 unspecified atom stereocenters. The molecule has 210 valence electrons. The normalized spacial score (nSPS) is 14.3. The molecule has 0 aliphatic heterocycles. The molecule has 7 nitrogen and oxygen atoms in total. The molecule has 0 spiro atoms. The van der Waals surface area contributed by atoms with Gasteiger partial charge in [-0.25, -0.2) is 12.8 Å². The molecule has 1 fully saturated rings. The van der Waals surface area contributed by atoms with Crippen molar-refractivity contribution in [2.75, 3.05) is 24.2 Å². The summed E-state index contributed by atoms with van der Waals surface area (Å²) in [6.07, 6.45) is 1.94. The Morgan fingerprint density at radius 1 is 1.23 bits per heavy atom. The van der Waals surface area contributed by atoms with E-state index in [2.05, 4.69) is 21.2 Å². The van der Waals surface area contributed by atoms with Crippen molar-refractivity contribution in [3.05, 3.63) is 86.6 Å². The number of aliphatic hydroxyl groups excluding tert-OH is 1. The average Bonchev–Trinajstić information content (AvgIpc) is 3.68. The Morgan fingerprint density at radius 3 is 2.52 bits per heavy atom. The van der Waals surface area contributed by atoms with Gasteiger partial charge in [0.2, 0.25) is 10.0 Å². The standard InChI is InChI=1S/C29H27BrClFN2O5S/c1-33-29(36)26-20-14-19(16-6-7-16)23(15-25(20)39-28(26)17-8-10-18(32)11-9-17)34(40(2,37)38)13-12-24(35)27-21(30)4-3-5-22(27)31/h3-5,8-11,14-16,24,35H,6-7,12-13H2,1-2H3,(H,33,36). The number of nitrogens with one attached hydrogen (secondary N) is 1. The maximum absolute atomic E-state index is 13.6. The largest absolute Gasteiger partial charge is 0.455 e. The van der Waals surface area contributed by atoms with Gasteiger partial charge in [-0.1, -0.05) is 33.6 Å². The van der Waals surface area contributed by atoms with Gasteiger partial charge in [0, 0.05) is 45.7 Å². The van der Waals surface area contributed by atoms with Crippen LogP contribution in [0.2, 0.25) is 5.02 Å². The third-order valence-corrected chi connectivity index (χ3v) is 9.22. The van der Waals surface area contributed by atoms with Crippen LogP contribution >= 0.6 is 27.5 Å². The van der Waals surface area contributed by atoms with Crippen molar-refractivity contribution < 1.29 is 27.1 Å². The van der Waals surface area contributed by atoms with Crippen molar-refractivity contribution in [1.29, 1.82) is 0 Å². The van der Waals surface area contributed by atoms with Gasteiger partial charge < -0.3 is 14.8 Å². The number of fused-ring (bicyclic) bond motifs is 1. The molecule has 5 rings (SSSR count). The summed E-state index contributed by atoms with van der Waals surface area (Å²) in [6, 6.07) is 14.3. The van der Waals surface area contributed by atoms with E-state index in [1.54, 1.807) is 24.3 Å². The smallest absolute Gasteiger partial charge is 0.255 e. The Bertz CT molecular complexity index is 1680. The van der Waals surface area contributed by atoms with Crippen LogP contribution < -0.4 is 9.62 Å². The molecule has 1 aliphatic rings. The number of halogens is 3. The van der Waals surface area contributed by atoms with Crippen LogP contribution in [0.5, 0.6) is 0 Å². The minimum Gasteiger partial charge on any atom is -0.455 e. The molecule has 1 heterocycles. The highest BCUT2D eigenvalue weighted by atomic mass is 79.9. The maximum Gasteiger partial charge on any atom is 0.255 e. The number of benzene rings is 3. The van der Waals surface area contributed by atoms with Crippen LogP contribution in [0.15, 0.2) is 63.5 Å². The second kappa shape index (κ2) is 11.2. The van der Waals surface area contributed by atoms with E-state index in [9.17, 15) is 22.7 Å². The Balaban J connectivity index is 1.62. The molecule has 4 aromatic rings. The van der Waals surface area contributed by atoms with Gasteiger partial charge in [0.1, 0.15) is 17.2 Å². The Labute approximate surface area is 245 Å². The molecule has 3 aromatic carbocycles. The number of furan rings is 1. The number of amides is 1. The molecule has 1 atom stereocenters. The molecule has 2 N–H and O–H groups in total. The summed E-state index contributed by atoms with van der Waals surface area (Å²) in [5.41, 5.74) is 2.83. The highest BCUT2D eigenvalue weighted by Crippen LogP contribution is 2.48. The van der Waals surface area contributed by atoms with Crippen LogP contribution in [0, 0.1) is 5.82 Å². The third-order valence-electron chi connectivity index (χ3n) is 7.02. The quantitative estimate of drug-likeness (QED) is 0.208. The van der Waals surface area contributed by atoms with Crippen molar-refractivity contribution in [3.63, 3.8) is 0 Å². The third kappa shape index (κ3) is 5.63. The van der Waals surface area contributed by atoms with Gasteiger partial charge in [-0.15, -0.1) is 0 Å². The number of sulfonamides is 1. The van der Waals surface area contributed by atoms with Crippen LogP contribution in [0.25, 0.3) is 22.3 Å².